The molecule has 0 radical (unpaired) electrons. The van der Waals surface area contributed by atoms with Crippen molar-refractivity contribution in [2.75, 3.05) is 10.6 Å². The van der Waals surface area contributed by atoms with Gasteiger partial charge in [0.25, 0.3) is 5.91 Å². The Bertz CT molecular complexity index is 1050. The van der Waals surface area contributed by atoms with E-state index in [0.29, 0.717) is 16.4 Å². The van der Waals surface area contributed by atoms with Crippen LogP contribution in [0.5, 0.6) is 0 Å². The molecular weight excluding hydrogens is 348 g/mol. The van der Waals surface area contributed by atoms with Gasteiger partial charge >= 0.3 is 0 Å². The Kier molecular flexibility index (Phi) is 5.16. The van der Waals surface area contributed by atoms with Crippen LogP contribution in [0.25, 0.3) is 10.9 Å². The van der Waals surface area contributed by atoms with E-state index in [1.807, 2.05) is 43.3 Å². The van der Waals surface area contributed by atoms with Gasteiger partial charge < -0.3 is 10.6 Å². The molecule has 0 saturated heterocycles. The summed E-state index contributed by atoms with van der Waals surface area (Å²) in [5.41, 5.74) is 2.83. The van der Waals surface area contributed by atoms with Crippen molar-refractivity contribution in [3.8, 4) is 6.07 Å². The van der Waals surface area contributed by atoms with E-state index >= 15 is 0 Å². The number of amides is 1. The summed E-state index contributed by atoms with van der Waals surface area (Å²) in [4.78, 5) is 16.7. The molecule has 0 aliphatic carbocycles. The van der Waals surface area contributed by atoms with Gasteiger partial charge in [-0.15, -0.1) is 0 Å². The number of halogens is 1. The van der Waals surface area contributed by atoms with Crippen molar-refractivity contribution in [1.29, 1.82) is 5.26 Å². The summed E-state index contributed by atoms with van der Waals surface area (Å²) in [7, 11) is 0. The maximum absolute atomic E-state index is 12.4. The quantitative estimate of drug-likeness (QED) is 0.523. The molecule has 3 rings (SSSR count). The Hall–Kier alpha value is -3.36. The highest BCUT2D eigenvalue weighted by atomic mass is 35.5. The van der Waals surface area contributed by atoms with Gasteiger partial charge in [-0.05, 0) is 36.8 Å². The van der Waals surface area contributed by atoms with Crippen LogP contribution in [0.3, 0.4) is 0 Å². The molecule has 0 fully saturated rings. The summed E-state index contributed by atoms with van der Waals surface area (Å²) in [5.74, 6) is -0.515. The number of rotatable bonds is 4. The predicted molar refractivity (Wildman–Crippen MR) is 104 cm³/mol. The third kappa shape index (κ3) is 3.82. The highest BCUT2D eigenvalue weighted by Crippen LogP contribution is 2.22. The second-order valence-electron chi connectivity index (χ2n) is 5.61. The molecule has 6 heteroatoms. The van der Waals surface area contributed by atoms with Gasteiger partial charge in [0, 0.05) is 28.5 Å². The van der Waals surface area contributed by atoms with E-state index in [2.05, 4.69) is 15.6 Å². The van der Waals surface area contributed by atoms with Crippen LogP contribution in [0.1, 0.15) is 5.56 Å². The van der Waals surface area contributed by atoms with E-state index in [-0.39, 0.29) is 5.57 Å². The maximum atomic E-state index is 12.4. The number of aromatic nitrogens is 1. The number of hydrogen-bond donors (Lipinski definition) is 2. The number of carbonyl (C=O) groups is 1. The Balaban J connectivity index is 1.83. The number of benzene rings is 2. The van der Waals surface area contributed by atoms with Crippen LogP contribution in [-0.4, -0.2) is 10.9 Å². The zero-order valence-corrected chi connectivity index (χ0v) is 14.7. The number of anilines is 2. The third-order valence-corrected chi connectivity index (χ3v) is 4.05. The maximum Gasteiger partial charge on any atom is 0.267 e. The van der Waals surface area contributed by atoms with Crippen LogP contribution in [0.15, 0.2) is 66.5 Å². The van der Waals surface area contributed by atoms with Gasteiger partial charge in [0.1, 0.15) is 11.6 Å². The normalized spacial score (nSPS) is 11.0. The third-order valence-electron chi connectivity index (χ3n) is 3.82. The number of carbonyl (C=O) groups excluding carboxylic acids is 1. The van der Waals surface area contributed by atoms with Crippen molar-refractivity contribution < 1.29 is 4.79 Å². The Labute approximate surface area is 155 Å². The monoisotopic (exact) mass is 362 g/mol. The Morgan fingerprint density at radius 2 is 2.00 bits per heavy atom. The first-order valence-corrected chi connectivity index (χ1v) is 8.24. The average molecular weight is 363 g/mol. The van der Waals surface area contributed by atoms with Gasteiger partial charge in [-0.25, -0.2) is 0 Å². The lowest BCUT2D eigenvalue weighted by molar-refractivity contribution is -0.112. The van der Waals surface area contributed by atoms with Crippen LogP contribution in [0.4, 0.5) is 11.4 Å². The van der Waals surface area contributed by atoms with E-state index in [4.69, 9.17) is 11.6 Å². The van der Waals surface area contributed by atoms with Gasteiger partial charge in [-0.3, -0.25) is 9.78 Å². The standard InChI is InChI=1S/C20H15ClN4O/c1-13-7-8-16(21)10-18(13)25-20(26)15(11-22)12-24-17-6-2-4-14-5-3-9-23-19(14)17/h2-10,12,24H,1H3,(H,25,26)/b15-12-. The second kappa shape index (κ2) is 7.68. The van der Waals surface area contributed by atoms with Gasteiger partial charge in [-0.2, -0.15) is 5.26 Å². The molecule has 2 N–H and O–H groups in total. The molecule has 0 aliphatic heterocycles. The number of pyridine rings is 1. The molecule has 1 heterocycles. The molecule has 5 nitrogen and oxygen atoms in total. The molecule has 3 aromatic rings. The first-order chi connectivity index (χ1) is 12.6. The first-order valence-electron chi connectivity index (χ1n) is 7.86. The summed E-state index contributed by atoms with van der Waals surface area (Å²) in [6, 6.07) is 16.5. The fourth-order valence-corrected chi connectivity index (χ4v) is 2.61. The zero-order chi connectivity index (χ0) is 18.5. The van der Waals surface area contributed by atoms with E-state index in [1.165, 1.54) is 6.20 Å². The van der Waals surface area contributed by atoms with Crippen LogP contribution in [-0.2, 0) is 4.79 Å². The molecule has 0 bridgehead atoms. The Morgan fingerprint density at radius 3 is 2.81 bits per heavy atom. The van der Waals surface area contributed by atoms with E-state index < -0.39 is 5.91 Å². The number of hydrogen-bond acceptors (Lipinski definition) is 4. The molecule has 2 aromatic carbocycles. The SMILES string of the molecule is Cc1ccc(Cl)cc1NC(=O)/C(C#N)=C\Nc1cccc2cccnc12. The van der Waals surface area contributed by atoms with Crippen molar-refractivity contribution in [2.45, 2.75) is 6.92 Å². The number of nitrogens with one attached hydrogen (secondary N) is 2. The van der Waals surface area contributed by atoms with Crippen molar-refractivity contribution >= 4 is 39.8 Å². The number of aryl methyl sites for hydroxylation is 1. The minimum Gasteiger partial charge on any atom is -0.358 e. The topological polar surface area (TPSA) is 77.8 Å². The summed E-state index contributed by atoms with van der Waals surface area (Å²) in [6.45, 7) is 1.85. The molecule has 1 amide bonds. The van der Waals surface area contributed by atoms with E-state index in [1.54, 1.807) is 24.4 Å². The molecule has 0 saturated carbocycles. The van der Waals surface area contributed by atoms with Crippen LogP contribution in [0, 0.1) is 18.3 Å². The minimum absolute atomic E-state index is 0.0580. The minimum atomic E-state index is -0.515. The highest BCUT2D eigenvalue weighted by molar-refractivity contribution is 6.31. The molecule has 0 unspecified atom stereocenters. The molecular formula is C20H15ClN4O. The van der Waals surface area contributed by atoms with Gasteiger partial charge in [0.2, 0.25) is 0 Å². The van der Waals surface area contributed by atoms with Crippen molar-refractivity contribution in [2.24, 2.45) is 0 Å². The highest BCUT2D eigenvalue weighted by Gasteiger charge is 2.11. The number of fused-ring (bicyclic) bond motifs is 1. The van der Waals surface area contributed by atoms with Crippen molar-refractivity contribution in [3.05, 3.63) is 77.1 Å². The summed E-state index contributed by atoms with van der Waals surface area (Å²) in [5, 5.41) is 16.5. The first kappa shape index (κ1) is 17.5. The van der Waals surface area contributed by atoms with Gasteiger partial charge in [-0.1, -0.05) is 35.9 Å². The zero-order valence-electron chi connectivity index (χ0n) is 14.0. The van der Waals surface area contributed by atoms with Gasteiger partial charge in [0.15, 0.2) is 0 Å². The predicted octanol–water partition coefficient (Wildman–Crippen LogP) is 4.65. The van der Waals surface area contributed by atoms with E-state index in [9.17, 15) is 10.1 Å². The Morgan fingerprint density at radius 1 is 1.19 bits per heavy atom. The summed E-state index contributed by atoms with van der Waals surface area (Å²) >= 11 is 5.96. The largest absolute Gasteiger partial charge is 0.358 e. The molecule has 1 aromatic heterocycles. The lowest BCUT2D eigenvalue weighted by Gasteiger charge is -2.09. The van der Waals surface area contributed by atoms with Gasteiger partial charge in [0.05, 0.1) is 11.2 Å². The lowest BCUT2D eigenvalue weighted by Crippen LogP contribution is -2.15. The molecule has 0 atom stereocenters. The number of nitriles is 1. The molecule has 0 aliphatic rings. The van der Waals surface area contributed by atoms with E-state index in [0.717, 1.165) is 16.5 Å². The van der Waals surface area contributed by atoms with Crippen molar-refractivity contribution in [3.63, 3.8) is 0 Å². The van der Waals surface area contributed by atoms with Crippen molar-refractivity contribution in [1.82, 2.24) is 4.98 Å². The molecule has 0 spiro atoms. The van der Waals surface area contributed by atoms with Crippen LogP contribution < -0.4 is 10.6 Å². The average Bonchev–Trinajstić information content (AvgIpc) is 2.65. The molecule has 128 valence electrons. The van der Waals surface area contributed by atoms with Crippen LogP contribution >= 0.6 is 11.6 Å². The van der Waals surface area contributed by atoms with Crippen LogP contribution in [0.2, 0.25) is 5.02 Å². The summed E-state index contributed by atoms with van der Waals surface area (Å²) in [6.07, 6.45) is 3.07. The second-order valence-corrected chi connectivity index (χ2v) is 6.04. The fourth-order valence-electron chi connectivity index (χ4n) is 2.44. The fraction of sp³-hybridized carbons (Fsp3) is 0.0500. The lowest BCUT2D eigenvalue weighted by atomic mass is 10.2. The summed E-state index contributed by atoms with van der Waals surface area (Å²) < 4.78 is 0. The smallest absolute Gasteiger partial charge is 0.267 e. The number of para-hydroxylation sites is 1. The number of nitrogens with zero attached hydrogens (tertiary/aromatic N) is 2. The molecule has 26 heavy (non-hydrogen) atoms.